The van der Waals surface area contributed by atoms with Gasteiger partial charge in [0.25, 0.3) is 0 Å². The molecule has 0 aliphatic carbocycles. The predicted octanol–water partition coefficient (Wildman–Crippen LogP) is 5.66. The van der Waals surface area contributed by atoms with Crippen LogP contribution in [0, 0.1) is 5.92 Å². The molecular formula is C21H25F2NO3. The summed E-state index contributed by atoms with van der Waals surface area (Å²) in [6.45, 7) is 5.19. The van der Waals surface area contributed by atoms with E-state index in [0.717, 1.165) is 18.4 Å². The van der Waals surface area contributed by atoms with Gasteiger partial charge < -0.3 is 9.47 Å². The second-order valence-electron chi connectivity index (χ2n) is 6.70. The highest BCUT2D eigenvalue weighted by molar-refractivity contribution is 5.94. The van der Waals surface area contributed by atoms with Crippen LogP contribution in [0.15, 0.2) is 42.6 Å². The van der Waals surface area contributed by atoms with Gasteiger partial charge in [0.15, 0.2) is 5.78 Å². The van der Waals surface area contributed by atoms with Crippen LogP contribution in [-0.2, 0) is 6.61 Å². The highest BCUT2D eigenvalue weighted by Crippen LogP contribution is 2.24. The van der Waals surface area contributed by atoms with Gasteiger partial charge in [-0.2, -0.15) is 8.78 Å². The number of nitrogens with zero attached hydrogens (tertiary/aromatic N) is 1. The largest absolute Gasteiger partial charge is 0.489 e. The first-order valence-corrected chi connectivity index (χ1v) is 9.04. The Balaban J connectivity index is 1.85. The number of halogens is 2. The van der Waals surface area contributed by atoms with E-state index in [9.17, 15) is 13.6 Å². The number of Topliss-reactive ketones (excluding diaryl/α,β-unsaturated/α-hetero) is 1. The van der Waals surface area contributed by atoms with E-state index < -0.39 is 6.11 Å². The Kier molecular flexibility index (Phi) is 7.28. The fourth-order valence-electron chi connectivity index (χ4n) is 2.36. The predicted molar refractivity (Wildman–Crippen MR) is 99.3 cm³/mol. The Morgan fingerprint density at radius 1 is 1.15 bits per heavy atom. The SMILES string of the molecule is CCC(C)CCC(=O)c1ccc(COc2ccc(OC(C)(F)F)cc2)cn1. The van der Waals surface area contributed by atoms with E-state index in [0.29, 0.717) is 30.7 Å². The third-order valence-electron chi connectivity index (χ3n) is 4.20. The summed E-state index contributed by atoms with van der Waals surface area (Å²) in [6, 6.07) is 9.47. The lowest BCUT2D eigenvalue weighted by Gasteiger charge is -2.13. The summed E-state index contributed by atoms with van der Waals surface area (Å²) in [7, 11) is 0. The number of rotatable bonds is 10. The first-order chi connectivity index (χ1) is 12.8. The second kappa shape index (κ2) is 9.44. The summed E-state index contributed by atoms with van der Waals surface area (Å²) < 4.78 is 35.6. The Morgan fingerprint density at radius 3 is 2.37 bits per heavy atom. The lowest BCUT2D eigenvalue weighted by molar-refractivity contribution is -0.158. The van der Waals surface area contributed by atoms with Crippen molar-refractivity contribution in [2.24, 2.45) is 5.92 Å². The van der Waals surface area contributed by atoms with Crippen molar-refractivity contribution < 1.29 is 23.0 Å². The van der Waals surface area contributed by atoms with E-state index in [4.69, 9.17) is 4.74 Å². The topological polar surface area (TPSA) is 48.4 Å². The van der Waals surface area contributed by atoms with E-state index in [-0.39, 0.29) is 18.1 Å². The van der Waals surface area contributed by atoms with Crippen LogP contribution in [0.1, 0.15) is 56.1 Å². The molecule has 2 aromatic rings. The maximum atomic E-state index is 12.8. The third kappa shape index (κ3) is 7.33. The molecule has 0 N–H and O–H groups in total. The van der Waals surface area contributed by atoms with Crippen LogP contribution in [-0.4, -0.2) is 16.9 Å². The molecule has 6 heteroatoms. The smallest absolute Gasteiger partial charge is 0.394 e. The Hall–Kier alpha value is -2.50. The van der Waals surface area contributed by atoms with Crippen molar-refractivity contribution >= 4 is 5.78 Å². The highest BCUT2D eigenvalue weighted by atomic mass is 19.3. The number of ether oxygens (including phenoxy) is 2. The lowest BCUT2D eigenvalue weighted by Crippen LogP contribution is -2.18. The molecule has 0 aliphatic rings. The maximum absolute atomic E-state index is 12.8. The van der Waals surface area contributed by atoms with E-state index in [1.54, 1.807) is 30.5 Å². The molecule has 1 unspecified atom stereocenters. The molecule has 146 valence electrons. The van der Waals surface area contributed by atoms with Crippen LogP contribution >= 0.6 is 0 Å². The van der Waals surface area contributed by atoms with Gasteiger partial charge in [-0.3, -0.25) is 9.78 Å². The normalized spacial score (nSPS) is 12.5. The Labute approximate surface area is 158 Å². The number of alkyl halides is 2. The zero-order valence-electron chi connectivity index (χ0n) is 15.9. The summed E-state index contributed by atoms with van der Waals surface area (Å²) in [5.74, 6) is 1.17. The number of ketones is 1. The molecule has 0 saturated carbocycles. The standard InChI is InChI=1S/C21H25F2NO3/c1-4-15(2)5-12-20(25)19-11-6-16(13-24-19)14-26-17-7-9-18(10-8-17)27-21(3,22)23/h6-11,13,15H,4-5,12,14H2,1-3H3. The molecular weight excluding hydrogens is 352 g/mol. The second-order valence-corrected chi connectivity index (χ2v) is 6.70. The van der Waals surface area contributed by atoms with Gasteiger partial charge in [0.05, 0.1) is 0 Å². The van der Waals surface area contributed by atoms with Crippen LogP contribution in [0.4, 0.5) is 8.78 Å². The molecule has 2 rings (SSSR count). The monoisotopic (exact) mass is 377 g/mol. The molecule has 0 bridgehead atoms. The van der Waals surface area contributed by atoms with E-state index in [1.807, 2.05) is 0 Å². The van der Waals surface area contributed by atoms with Crippen molar-refractivity contribution in [1.29, 1.82) is 0 Å². The zero-order valence-corrected chi connectivity index (χ0v) is 15.9. The number of aromatic nitrogens is 1. The number of pyridine rings is 1. The maximum Gasteiger partial charge on any atom is 0.394 e. The van der Waals surface area contributed by atoms with Gasteiger partial charge in [0.1, 0.15) is 23.8 Å². The van der Waals surface area contributed by atoms with Crippen molar-refractivity contribution in [2.45, 2.75) is 52.7 Å². The molecule has 0 radical (unpaired) electrons. The summed E-state index contributed by atoms with van der Waals surface area (Å²) in [5, 5.41) is 0. The highest BCUT2D eigenvalue weighted by Gasteiger charge is 2.22. The van der Waals surface area contributed by atoms with E-state index in [1.165, 1.54) is 12.1 Å². The Morgan fingerprint density at radius 2 is 1.81 bits per heavy atom. The summed E-state index contributed by atoms with van der Waals surface area (Å²) in [6.07, 6.45) is 0.826. The molecule has 1 atom stereocenters. The molecule has 0 spiro atoms. The third-order valence-corrected chi connectivity index (χ3v) is 4.20. The molecule has 0 saturated heterocycles. The number of carbonyl (C=O) groups excluding carboxylic acids is 1. The summed E-state index contributed by atoms with van der Waals surface area (Å²) in [5.41, 5.74) is 1.28. The fourth-order valence-corrected chi connectivity index (χ4v) is 2.36. The van der Waals surface area contributed by atoms with Crippen LogP contribution in [0.5, 0.6) is 11.5 Å². The van der Waals surface area contributed by atoms with Gasteiger partial charge >= 0.3 is 6.11 Å². The minimum absolute atomic E-state index is 0.0473. The van der Waals surface area contributed by atoms with Crippen molar-refractivity contribution in [2.75, 3.05) is 0 Å². The summed E-state index contributed by atoms with van der Waals surface area (Å²) in [4.78, 5) is 16.3. The molecule has 0 amide bonds. The number of benzene rings is 1. The molecule has 27 heavy (non-hydrogen) atoms. The molecule has 4 nitrogen and oxygen atoms in total. The van der Waals surface area contributed by atoms with Gasteiger partial charge in [0.2, 0.25) is 0 Å². The first-order valence-electron chi connectivity index (χ1n) is 9.04. The molecule has 1 heterocycles. The van der Waals surface area contributed by atoms with Gasteiger partial charge in [-0.1, -0.05) is 26.3 Å². The van der Waals surface area contributed by atoms with Crippen molar-refractivity contribution in [3.8, 4) is 11.5 Å². The van der Waals surface area contributed by atoms with Crippen LogP contribution in [0.2, 0.25) is 0 Å². The lowest BCUT2D eigenvalue weighted by atomic mass is 10.00. The average Bonchev–Trinajstić information content (AvgIpc) is 2.64. The number of carbonyl (C=O) groups is 1. The van der Waals surface area contributed by atoms with Gasteiger partial charge in [0, 0.05) is 25.1 Å². The first kappa shape index (κ1) is 20.8. The van der Waals surface area contributed by atoms with Gasteiger partial charge in [-0.05, 0) is 42.7 Å². The average molecular weight is 377 g/mol. The molecule has 1 aromatic carbocycles. The molecule has 0 fully saturated rings. The van der Waals surface area contributed by atoms with Crippen LogP contribution < -0.4 is 9.47 Å². The molecule has 1 aromatic heterocycles. The number of hydrogen-bond acceptors (Lipinski definition) is 4. The molecule has 0 aliphatic heterocycles. The fraction of sp³-hybridized carbons (Fsp3) is 0.429. The minimum Gasteiger partial charge on any atom is -0.489 e. The summed E-state index contributed by atoms with van der Waals surface area (Å²) >= 11 is 0. The van der Waals surface area contributed by atoms with Gasteiger partial charge in [-0.25, -0.2) is 0 Å². The Bertz CT molecular complexity index is 725. The van der Waals surface area contributed by atoms with Crippen LogP contribution in [0.25, 0.3) is 0 Å². The van der Waals surface area contributed by atoms with Crippen molar-refractivity contribution in [3.63, 3.8) is 0 Å². The van der Waals surface area contributed by atoms with Gasteiger partial charge in [-0.15, -0.1) is 0 Å². The quantitative estimate of drug-likeness (QED) is 0.501. The van der Waals surface area contributed by atoms with Crippen molar-refractivity contribution in [3.05, 3.63) is 53.9 Å². The number of hydrogen-bond donors (Lipinski definition) is 0. The van der Waals surface area contributed by atoms with E-state index >= 15 is 0 Å². The van der Waals surface area contributed by atoms with Crippen LogP contribution in [0.3, 0.4) is 0 Å². The van der Waals surface area contributed by atoms with Crippen molar-refractivity contribution in [1.82, 2.24) is 4.98 Å². The zero-order chi connectivity index (χ0) is 19.9. The minimum atomic E-state index is -3.22. The van der Waals surface area contributed by atoms with E-state index in [2.05, 4.69) is 23.6 Å².